The molecular formula is C17H14ClN3O. The van der Waals surface area contributed by atoms with Gasteiger partial charge in [0.25, 0.3) is 0 Å². The van der Waals surface area contributed by atoms with E-state index in [9.17, 15) is 5.11 Å². The Bertz CT molecular complexity index is 770. The van der Waals surface area contributed by atoms with Gasteiger partial charge in [-0.25, -0.2) is 0 Å². The molecule has 0 saturated carbocycles. The highest BCUT2D eigenvalue weighted by Crippen LogP contribution is 2.35. The predicted molar refractivity (Wildman–Crippen MR) is 86.9 cm³/mol. The minimum Gasteiger partial charge on any atom is -0.364 e. The average Bonchev–Trinajstić information content (AvgIpc) is 3.01. The lowest BCUT2D eigenvalue weighted by Gasteiger charge is -2.22. The standard InChI is InChI=1S/C17H14ClN3O/c18-14-8-6-13(7-9-14)16-11-17(22)10-15(19-21(17)20-16)12-4-2-1-3-5-12/h1-9,11,20,22H,10H2. The molecule has 0 fully saturated rings. The van der Waals surface area contributed by atoms with Crippen molar-refractivity contribution >= 4 is 23.0 Å². The van der Waals surface area contributed by atoms with Gasteiger partial charge in [-0.1, -0.05) is 54.1 Å². The Balaban J connectivity index is 1.61. The van der Waals surface area contributed by atoms with E-state index in [1.54, 1.807) is 6.08 Å². The molecular weight excluding hydrogens is 298 g/mol. The zero-order valence-corrected chi connectivity index (χ0v) is 12.5. The van der Waals surface area contributed by atoms with Gasteiger partial charge in [-0.3, -0.25) is 5.43 Å². The highest BCUT2D eigenvalue weighted by Gasteiger charge is 2.44. The fourth-order valence-electron chi connectivity index (χ4n) is 2.74. The van der Waals surface area contributed by atoms with Crippen LogP contribution >= 0.6 is 11.6 Å². The molecule has 2 N–H and O–H groups in total. The summed E-state index contributed by atoms with van der Waals surface area (Å²) in [6.07, 6.45) is 2.25. The quantitative estimate of drug-likeness (QED) is 0.896. The zero-order chi connectivity index (χ0) is 15.2. The van der Waals surface area contributed by atoms with Gasteiger partial charge < -0.3 is 5.11 Å². The van der Waals surface area contributed by atoms with Crippen molar-refractivity contribution in [3.05, 3.63) is 76.8 Å². The van der Waals surface area contributed by atoms with Gasteiger partial charge in [0.2, 0.25) is 5.72 Å². The molecule has 0 amide bonds. The van der Waals surface area contributed by atoms with E-state index in [1.807, 2.05) is 54.6 Å². The normalized spacial score (nSPS) is 22.9. The Morgan fingerprint density at radius 3 is 2.45 bits per heavy atom. The van der Waals surface area contributed by atoms with Crippen molar-refractivity contribution in [1.82, 2.24) is 10.5 Å². The number of hydrogen-bond acceptors (Lipinski definition) is 4. The van der Waals surface area contributed by atoms with Crippen LogP contribution < -0.4 is 5.43 Å². The van der Waals surface area contributed by atoms with Crippen molar-refractivity contribution in [1.29, 1.82) is 0 Å². The van der Waals surface area contributed by atoms with E-state index in [-0.39, 0.29) is 0 Å². The first-order chi connectivity index (χ1) is 10.6. The molecule has 0 aliphatic carbocycles. The Labute approximate surface area is 133 Å². The number of halogens is 1. The molecule has 2 aliphatic rings. The summed E-state index contributed by atoms with van der Waals surface area (Å²) in [4.78, 5) is 0. The van der Waals surface area contributed by atoms with Crippen LogP contribution in [0.2, 0.25) is 5.02 Å². The largest absolute Gasteiger partial charge is 0.364 e. The van der Waals surface area contributed by atoms with Gasteiger partial charge in [-0.2, -0.15) is 10.2 Å². The van der Waals surface area contributed by atoms with Gasteiger partial charge in [0.1, 0.15) is 0 Å². The van der Waals surface area contributed by atoms with E-state index < -0.39 is 5.72 Å². The number of nitrogens with one attached hydrogen (secondary N) is 1. The summed E-state index contributed by atoms with van der Waals surface area (Å²) in [5.41, 5.74) is 5.69. The summed E-state index contributed by atoms with van der Waals surface area (Å²) in [6, 6.07) is 17.4. The third kappa shape index (κ3) is 2.17. The van der Waals surface area contributed by atoms with Gasteiger partial charge in [0.05, 0.1) is 11.4 Å². The molecule has 2 aliphatic heterocycles. The van der Waals surface area contributed by atoms with Crippen LogP contribution in [-0.2, 0) is 0 Å². The molecule has 0 radical (unpaired) electrons. The summed E-state index contributed by atoms with van der Waals surface area (Å²) in [7, 11) is 0. The lowest BCUT2D eigenvalue weighted by Crippen LogP contribution is -2.41. The maximum Gasteiger partial charge on any atom is 0.201 e. The molecule has 4 rings (SSSR count). The summed E-state index contributed by atoms with van der Waals surface area (Å²) < 4.78 is 0. The molecule has 22 heavy (non-hydrogen) atoms. The van der Waals surface area contributed by atoms with Gasteiger partial charge in [0.15, 0.2) is 0 Å². The number of rotatable bonds is 2. The molecule has 110 valence electrons. The van der Waals surface area contributed by atoms with Crippen LogP contribution in [0, 0.1) is 0 Å². The summed E-state index contributed by atoms with van der Waals surface area (Å²) >= 11 is 5.91. The fourth-order valence-corrected chi connectivity index (χ4v) is 2.87. The second-order valence-corrected chi connectivity index (χ2v) is 5.89. The van der Waals surface area contributed by atoms with E-state index >= 15 is 0 Å². The van der Waals surface area contributed by atoms with Crippen molar-refractivity contribution in [2.45, 2.75) is 12.1 Å². The molecule has 0 saturated heterocycles. The highest BCUT2D eigenvalue weighted by atomic mass is 35.5. The van der Waals surface area contributed by atoms with E-state index in [1.165, 1.54) is 5.12 Å². The summed E-state index contributed by atoms with van der Waals surface area (Å²) in [5, 5.41) is 17.5. The molecule has 1 unspecified atom stereocenters. The predicted octanol–water partition coefficient (Wildman–Crippen LogP) is 3.00. The number of hydrazine groups is 1. The smallest absolute Gasteiger partial charge is 0.201 e. The van der Waals surface area contributed by atoms with Crippen LogP contribution in [0.4, 0.5) is 0 Å². The van der Waals surface area contributed by atoms with E-state index in [2.05, 4.69) is 10.5 Å². The van der Waals surface area contributed by atoms with Crippen LogP contribution in [0.1, 0.15) is 17.5 Å². The van der Waals surface area contributed by atoms with Crippen LogP contribution in [-0.4, -0.2) is 21.7 Å². The molecule has 1 atom stereocenters. The Hall–Kier alpha value is -2.30. The summed E-state index contributed by atoms with van der Waals surface area (Å²) in [5.74, 6) is 0. The van der Waals surface area contributed by atoms with Gasteiger partial charge >= 0.3 is 0 Å². The van der Waals surface area contributed by atoms with Crippen molar-refractivity contribution in [3.8, 4) is 0 Å². The number of hydrazone groups is 1. The average molecular weight is 312 g/mol. The Morgan fingerprint density at radius 1 is 1.05 bits per heavy atom. The zero-order valence-electron chi connectivity index (χ0n) is 11.7. The molecule has 4 nitrogen and oxygen atoms in total. The number of nitrogens with zero attached hydrogens (tertiary/aromatic N) is 2. The van der Waals surface area contributed by atoms with Crippen molar-refractivity contribution in [3.63, 3.8) is 0 Å². The summed E-state index contributed by atoms with van der Waals surface area (Å²) in [6.45, 7) is 0. The monoisotopic (exact) mass is 311 g/mol. The van der Waals surface area contributed by atoms with Crippen LogP contribution in [0.3, 0.4) is 0 Å². The molecule has 0 aromatic heterocycles. The van der Waals surface area contributed by atoms with Gasteiger partial charge in [0, 0.05) is 11.4 Å². The first-order valence-corrected chi connectivity index (χ1v) is 7.43. The number of fused-ring (bicyclic) bond motifs is 1. The Morgan fingerprint density at radius 2 is 1.77 bits per heavy atom. The van der Waals surface area contributed by atoms with Gasteiger partial charge in [-0.15, -0.1) is 0 Å². The molecule has 2 aromatic rings. The SMILES string of the molecule is OC12C=C(c3ccc(Cl)cc3)NN1N=C(c1ccccc1)C2. The van der Waals surface area contributed by atoms with E-state index in [0.29, 0.717) is 11.4 Å². The molecule has 5 heteroatoms. The van der Waals surface area contributed by atoms with E-state index in [0.717, 1.165) is 22.5 Å². The third-order valence-electron chi connectivity index (χ3n) is 3.88. The molecule has 2 heterocycles. The topological polar surface area (TPSA) is 47.9 Å². The third-order valence-corrected chi connectivity index (χ3v) is 4.13. The van der Waals surface area contributed by atoms with Crippen molar-refractivity contribution < 1.29 is 5.11 Å². The Kier molecular flexibility index (Phi) is 2.96. The lowest BCUT2D eigenvalue weighted by molar-refractivity contribution is -0.0544. The second-order valence-electron chi connectivity index (χ2n) is 5.46. The van der Waals surface area contributed by atoms with Crippen LogP contribution in [0.5, 0.6) is 0 Å². The second kappa shape index (κ2) is 4.87. The van der Waals surface area contributed by atoms with Crippen LogP contribution in [0.25, 0.3) is 5.70 Å². The lowest BCUT2D eigenvalue weighted by atomic mass is 10.0. The minimum absolute atomic E-state index is 0.446. The maximum atomic E-state index is 10.8. The van der Waals surface area contributed by atoms with E-state index in [4.69, 9.17) is 11.6 Å². The molecule has 2 aromatic carbocycles. The number of aliphatic hydroxyl groups is 1. The van der Waals surface area contributed by atoms with Crippen molar-refractivity contribution in [2.24, 2.45) is 5.10 Å². The molecule has 0 spiro atoms. The first-order valence-electron chi connectivity index (χ1n) is 7.05. The molecule has 0 bridgehead atoms. The van der Waals surface area contributed by atoms with Crippen molar-refractivity contribution in [2.75, 3.05) is 0 Å². The fraction of sp³-hybridized carbons (Fsp3) is 0.118. The van der Waals surface area contributed by atoms with Crippen LogP contribution in [0.15, 0.2) is 65.8 Å². The minimum atomic E-state index is -1.12. The van der Waals surface area contributed by atoms with Gasteiger partial charge in [-0.05, 0) is 29.3 Å². The highest BCUT2D eigenvalue weighted by molar-refractivity contribution is 6.30. The first kappa shape index (κ1) is 13.4. The number of benzene rings is 2. The maximum absolute atomic E-state index is 10.8. The number of hydrogen-bond donors (Lipinski definition) is 2.